The van der Waals surface area contributed by atoms with Crippen molar-refractivity contribution in [3.63, 3.8) is 0 Å². The predicted molar refractivity (Wildman–Crippen MR) is 166 cm³/mol. The number of fused-ring (bicyclic) bond motifs is 7. The number of hydrogen-bond donors (Lipinski definition) is 0. The first-order valence-electron chi connectivity index (χ1n) is 13.6. The molecule has 8 aromatic rings. The van der Waals surface area contributed by atoms with Crippen LogP contribution in [-0.4, -0.2) is 24.1 Å². The monoisotopic (exact) mass is 543 g/mol. The number of nitrogens with zero attached hydrogens (tertiary/aromatic N) is 5. The molecule has 1 aliphatic heterocycles. The van der Waals surface area contributed by atoms with E-state index in [1.165, 1.54) is 37.2 Å². The van der Waals surface area contributed by atoms with Gasteiger partial charge < -0.3 is 0 Å². The summed E-state index contributed by atoms with van der Waals surface area (Å²) in [5.41, 5.74) is 6.42. The van der Waals surface area contributed by atoms with Crippen LogP contribution in [0.3, 0.4) is 0 Å². The standard InChI is InChI=1S/C35H21N5S/c1-3-12-22(13-4-1)32-36-33(23-14-5-2-6-15-23)38-35(37-32)40-26-18-8-7-16-24(26)30-25-17-11-21-29-31(25)39(34(30)40)27-19-9-10-20-28(27)41-29/h1-21H. The fourth-order valence-corrected chi connectivity index (χ4v) is 7.12. The summed E-state index contributed by atoms with van der Waals surface area (Å²) in [4.78, 5) is 17.7. The first-order chi connectivity index (χ1) is 20.3. The van der Waals surface area contributed by atoms with Gasteiger partial charge in [0.1, 0.15) is 5.65 Å². The SMILES string of the molecule is c1ccc(-c2nc(-c3ccccc3)nc(-n3c4ccccc4c4c5cccc6c5n(c43)-c3ccccc3S6)n2)cc1. The quantitative estimate of drug-likeness (QED) is 0.224. The van der Waals surface area contributed by atoms with E-state index in [1.807, 2.05) is 72.4 Å². The smallest absolute Gasteiger partial charge is 0.239 e. The number of aromatic nitrogens is 5. The van der Waals surface area contributed by atoms with Crippen LogP contribution in [0.2, 0.25) is 0 Å². The molecule has 0 N–H and O–H groups in total. The van der Waals surface area contributed by atoms with Gasteiger partial charge in [0.25, 0.3) is 0 Å². The third-order valence-electron chi connectivity index (χ3n) is 7.77. The zero-order chi connectivity index (χ0) is 26.9. The minimum atomic E-state index is 0.597. The van der Waals surface area contributed by atoms with Crippen molar-refractivity contribution in [1.29, 1.82) is 0 Å². The molecular weight excluding hydrogens is 522 g/mol. The van der Waals surface area contributed by atoms with Gasteiger partial charge in [0.15, 0.2) is 11.6 Å². The van der Waals surface area contributed by atoms with Crippen LogP contribution >= 0.6 is 11.8 Å². The highest BCUT2D eigenvalue weighted by atomic mass is 32.2. The Morgan fingerprint density at radius 3 is 1.85 bits per heavy atom. The van der Waals surface area contributed by atoms with Crippen LogP contribution in [0.1, 0.15) is 0 Å². The topological polar surface area (TPSA) is 48.5 Å². The molecule has 3 aromatic heterocycles. The number of rotatable bonds is 3. The Balaban J connectivity index is 1.46. The zero-order valence-corrected chi connectivity index (χ0v) is 22.6. The summed E-state index contributed by atoms with van der Waals surface area (Å²) in [6.45, 7) is 0. The van der Waals surface area contributed by atoms with E-state index in [0.29, 0.717) is 17.6 Å². The van der Waals surface area contributed by atoms with Gasteiger partial charge >= 0.3 is 0 Å². The van der Waals surface area contributed by atoms with E-state index in [2.05, 4.69) is 75.9 Å². The highest BCUT2D eigenvalue weighted by Crippen LogP contribution is 2.49. The Morgan fingerprint density at radius 2 is 1.10 bits per heavy atom. The largest absolute Gasteiger partial charge is 0.293 e. The number of hydrogen-bond acceptors (Lipinski definition) is 4. The molecule has 0 atom stereocenters. The van der Waals surface area contributed by atoms with Gasteiger partial charge in [0.05, 0.1) is 16.7 Å². The molecule has 0 amide bonds. The molecule has 6 heteroatoms. The van der Waals surface area contributed by atoms with Crippen molar-refractivity contribution in [2.45, 2.75) is 9.79 Å². The van der Waals surface area contributed by atoms with Crippen LogP contribution in [0.5, 0.6) is 0 Å². The normalized spacial score (nSPS) is 12.3. The summed E-state index contributed by atoms with van der Waals surface area (Å²) < 4.78 is 4.63. The number of benzene rings is 5. The van der Waals surface area contributed by atoms with Gasteiger partial charge in [-0.1, -0.05) is 115 Å². The van der Waals surface area contributed by atoms with Crippen LogP contribution < -0.4 is 0 Å². The van der Waals surface area contributed by atoms with Crippen molar-refractivity contribution in [2.75, 3.05) is 0 Å². The Kier molecular flexibility index (Phi) is 4.77. The first kappa shape index (κ1) is 22.6. The van der Waals surface area contributed by atoms with E-state index in [0.717, 1.165) is 22.3 Å². The fraction of sp³-hybridized carbons (Fsp3) is 0. The van der Waals surface area contributed by atoms with Gasteiger partial charge in [0.2, 0.25) is 5.95 Å². The second-order valence-electron chi connectivity index (χ2n) is 10.1. The van der Waals surface area contributed by atoms with Crippen molar-refractivity contribution < 1.29 is 0 Å². The number of para-hydroxylation sites is 3. The molecule has 0 saturated carbocycles. The minimum absolute atomic E-state index is 0.597. The van der Waals surface area contributed by atoms with Gasteiger partial charge in [-0.25, -0.2) is 4.98 Å². The maximum Gasteiger partial charge on any atom is 0.239 e. The molecule has 0 bridgehead atoms. The van der Waals surface area contributed by atoms with Gasteiger partial charge in [-0.15, -0.1) is 0 Å². The maximum atomic E-state index is 5.14. The molecule has 192 valence electrons. The molecule has 9 rings (SSSR count). The Morgan fingerprint density at radius 1 is 0.488 bits per heavy atom. The highest BCUT2D eigenvalue weighted by Gasteiger charge is 2.28. The third kappa shape index (κ3) is 3.28. The van der Waals surface area contributed by atoms with E-state index >= 15 is 0 Å². The fourth-order valence-electron chi connectivity index (χ4n) is 6.03. The molecule has 0 radical (unpaired) electrons. The van der Waals surface area contributed by atoms with Crippen molar-refractivity contribution in [1.82, 2.24) is 24.1 Å². The summed E-state index contributed by atoms with van der Waals surface area (Å²) in [6, 6.07) is 44.1. The van der Waals surface area contributed by atoms with E-state index in [1.54, 1.807) is 0 Å². The van der Waals surface area contributed by atoms with Crippen molar-refractivity contribution in [3.05, 3.63) is 127 Å². The van der Waals surface area contributed by atoms with E-state index < -0.39 is 0 Å². The molecule has 0 fully saturated rings. The van der Waals surface area contributed by atoms with Crippen LogP contribution in [0.4, 0.5) is 0 Å². The lowest BCUT2D eigenvalue weighted by Gasteiger charge is -2.20. The van der Waals surface area contributed by atoms with Crippen molar-refractivity contribution in [3.8, 4) is 34.4 Å². The van der Waals surface area contributed by atoms with Crippen LogP contribution in [0.15, 0.2) is 137 Å². The Labute approximate surface area is 239 Å². The Hall–Kier alpha value is -5.20. The van der Waals surface area contributed by atoms with Crippen LogP contribution in [0, 0.1) is 0 Å². The second-order valence-corrected chi connectivity index (χ2v) is 11.2. The molecule has 0 saturated heterocycles. The third-order valence-corrected chi connectivity index (χ3v) is 8.88. The molecule has 0 unspecified atom stereocenters. The minimum Gasteiger partial charge on any atom is -0.293 e. The average Bonchev–Trinajstić information content (AvgIpc) is 3.56. The average molecular weight is 544 g/mol. The zero-order valence-electron chi connectivity index (χ0n) is 21.8. The molecule has 5 nitrogen and oxygen atoms in total. The molecule has 41 heavy (non-hydrogen) atoms. The van der Waals surface area contributed by atoms with E-state index in [4.69, 9.17) is 15.0 Å². The highest BCUT2D eigenvalue weighted by molar-refractivity contribution is 7.99. The molecule has 0 aliphatic carbocycles. The van der Waals surface area contributed by atoms with Gasteiger partial charge in [0, 0.05) is 37.1 Å². The maximum absolute atomic E-state index is 5.14. The van der Waals surface area contributed by atoms with E-state index in [9.17, 15) is 0 Å². The summed E-state index contributed by atoms with van der Waals surface area (Å²) in [5, 5.41) is 3.61. The molecule has 4 heterocycles. The van der Waals surface area contributed by atoms with Gasteiger partial charge in [-0.05, 0) is 24.3 Å². The molecular formula is C35H21N5S. The second kappa shape index (κ2) is 8.65. The lowest BCUT2D eigenvalue weighted by Crippen LogP contribution is -2.10. The lowest BCUT2D eigenvalue weighted by atomic mass is 10.1. The predicted octanol–water partition coefficient (Wildman–Crippen LogP) is 8.71. The molecule has 0 spiro atoms. The summed E-state index contributed by atoms with van der Waals surface area (Å²) in [7, 11) is 0. The Bertz CT molecular complexity index is 2230. The van der Waals surface area contributed by atoms with Crippen LogP contribution in [0.25, 0.3) is 67.3 Å². The molecule has 1 aliphatic rings. The van der Waals surface area contributed by atoms with Gasteiger partial charge in [-0.3, -0.25) is 9.13 Å². The summed E-state index contributed by atoms with van der Waals surface area (Å²) >= 11 is 1.83. The van der Waals surface area contributed by atoms with Crippen LogP contribution in [-0.2, 0) is 0 Å². The lowest BCUT2D eigenvalue weighted by molar-refractivity contribution is 0.927. The van der Waals surface area contributed by atoms with Gasteiger partial charge in [-0.2, -0.15) is 9.97 Å². The first-order valence-corrected chi connectivity index (χ1v) is 14.4. The van der Waals surface area contributed by atoms with Crippen molar-refractivity contribution in [2.24, 2.45) is 0 Å². The van der Waals surface area contributed by atoms with E-state index in [-0.39, 0.29) is 0 Å². The summed E-state index contributed by atoms with van der Waals surface area (Å²) in [5.74, 6) is 1.89. The van der Waals surface area contributed by atoms with Crippen molar-refractivity contribution >= 4 is 44.6 Å². The molecule has 5 aromatic carbocycles. The summed E-state index contributed by atoms with van der Waals surface area (Å²) in [6.07, 6.45) is 0.